The summed E-state index contributed by atoms with van der Waals surface area (Å²) in [6.07, 6.45) is -4.34. The minimum Gasteiger partial charge on any atom is -0.323 e. The minimum absolute atomic E-state index is 0.142. The molecule has 2 heterocycles. The molecule has 1 aromatic heterocycles. The van der Waals surface area contributed by atoms with Gasteiger partial charge in [0.25, 0.3) is 0 Å². The van der Waals surface area contributed by atoms with Crippen molar-refractivity contribution in [2.24, 2.45) is 0 Å². The number of imidazole rings is 1. The van der Waals surface area contributed by atoms with Crippen LogP contribution in [0.5, 0.6) is 0 Å². The number of halogens is 4. The van der Waals surface area contributed by atoms with Crippen molar-refractivity contribution in [1.29, 1.82) is 0 Å². The van der Waals surface area contributed by atoms with E-state index in [0.717, 1.165) is 28.7 Å². The summed E-state index contributed by atoms with van der Waals surface area (Å²) < 4.78 is 54.8. The van der Waals surface area contributed by atoms with Gasteiger partial charge in [-0.05, 0) is 48.0 Å². The Balaban J connectivity index is 1.50. The van der Waals surface area contributed by atoms with Crippen molar-refractivity contribution in [3.05, 3.63) is 95.6 Å². The van der Waals surface area contributed by atoms with Gasteiger partial charge in [-0.15, -0.1) is 0 Å². The fourth-order valence-electron chi connectivity index (χ4n) is 4.32. The number of alkyl halides is 3. The molecule has 0 saturated carbocycles. The molecule has 168 valence electrons. The van der Waals surface area contributed by atoms with Crippen molar-refractivity contribution in [1.82, 2.24) is 9.55 Å². The number of hydrogen-bond acceptors (Lipinski definition) is 2. The van der Waals surface area contributed by atoms with Gasteiger partial charge in [-0.3, -0.25) is 4.79 Å². The molecule has 4 nitrogen and oxygen atoms in total. The lowest BCUT2D eigenvalue weighted by Crippen LogP contribution is -2.25. The molecule has 1 aliphatic rings. The molecule has 0 radical (unpaired) electrons. The fraction of sp³-hybridized carbons (Fsp3) is 0.200. The average molecular weight is 453 g/mol. The van der Waals surface area contributed by atoms with E-state index in [0.29, 0.717) is 12.4 Å². The smallest absolute Gasteiger partial charge is 0.323 e. The van der Waals surface area contributed by atoms with Crippen LogP contribution in [-0.4, -0.2) is 22.0 Å². The summed E-state index contributed by atoms with van der Waals surface area (Å²) in [5.41, 5.74) is 1.94. The molecule has 5 rings (SSSR count). The normalized spacial score (nSPS) is 16.7. The molecule has 4 aromatic rings. The first-order valence-electron chi connectivity index (χ1n) is 10.5. The van der Waals surface area contributed by atoms with Crippen molar-refractivity contribution in [3.63, 3.8) is 0 Å². The Morgan fingerprint density at radius 3 is 2.48 bits per heavy atom. The molecule has 1 fully saturated rings. The van der Waals surface area contributed by atoms with Crippen molar-refractivity contribution in [2.45, 2.75) is 25.1 Å². The number of rotatable bonds is 4. The van der Waals surface area contributed by atoms with Gasteiger partial charge in [-0.1, -0.05) is 30.3 Å². The Morgan fingerprint density at radius 2 is 1.73 bits per heavy atom. The fourth-order valence-corrected chi connectivity index (χ4v) is 4.32. The van der Waals surface area contributed by atoms with E-state index in [9.17, 15) is 22.4 Å². The van der Waals surface area contributed by atoms with Crippen molar-refractivity contribution >= 4 is 22.6 Å². The maximum absolute atomic E-state index is 13.4. The predicted molar refractivity (Wildman–Crippen MR) is 116 cm³/mol. The highest BCUT2D eigenvalue weighted by molar-refractivity contribution is 5.96. The molecule has 1 saturated heterocycles. The Morgan fingerprint density at radius 1 is 0.970 bits per heavy atom. The number of fused-ring (bicyclic) bond motifs is 1. The molecular weight excluding hydrogens is 434 g/mol. The number of benzene rings is 3. The SMILES string of the molecule is O=C1C[C@@H](c2nc3ccccc3n2Cc2ccc(F)cc2)CN1c1cccc(C(F)(F)F)c1. The van der Waals surface area contributed by atoms with Gasteiger partial charge in [0.15, 0.2) is 0 Å². The van der Waals surface area contributed by atoms with E-state index in [1.165, 1.54) is 29.2 Å². The van der Waals surface area contributed by atoms with Crippen LogP contribution in [-0.2, 0) is 17.5 Å². The van der Waals surface area contributed by atoms with Crippen LogP contribution in [0, 0.1) is 5.82 Å². The van der Waals surface area contributed by atoms with Crippen LogP contribution in [0.3, 0.4) is 0 Å². The molecule has 8 heteroatoms. The summed E-state index contributed by atoms with van der Waals surface area (Å²) >= 11 is 0. The summed E-state index contributed by atoms with van der Waals surface area (Å²) in [6.45, 7) is 0.664. The second-order valence-electron chi connectivity index (χ2n) is 8.12. The third kappa shape index (κ3) is 4.08. The van der Waals surface area contributed by atoms with E-state index >= 15 is 0 Å². The quantitative estimate of drug-likeness (QED) is 0.369. The molecule has 0 spiro atoms. The van der Waals surface area contributed by atoms with Crippen LogP contribution < -0.4 is 4.90 Å². The number of hydrogen-bond donors (Lipinski definition) is 0. The van der Waals surface area contributed by atoms with Gasteiger partial charge in [0, 0.05) is 31.1 Å². The van der Waals surface area contributed by atoms with Gasteiger partial charge in [0.1, 0.15) is 11.6 Å². The number of aromatic nitrogens is 2. The van der Waals surface area contributed by atoms with Gasteiger partial charge in [0.05, 0.1) is 16.6 Å². The summed E-state index contributed by atoms with van der Waals surface area (Å²) in [5.74, 6) is -0.185. The Kier molecular flexibility index (Phi) is 5.15. The van der Waals surface area contributed by atoms with E-state index in [-0.39, 0.29) is 36.3 Å². The van der Waals surface area contributed by atoms with E-state index in [4.69, 9.17) is 4.98 Å². The zero-order chi connectivity index (χ0) is 23.2. The molecule has 0 aliphatic carbocycles. The molecule has 0 N–H and O–H groups in total. The standard InChI is InChI=1S/C25H19F4N3O/c26-19-10-8-16(9-11-19)14-32-22-7-2-1-6-21(22)30-24(32)17-12-23(33)31(15-17)20-5-3-4-18(13-20)25(27,28)29/h1-11,13,17H,12,14-15H2/t17-/m1/s1. The first kappa shape index (κ1) is 21.2. The molecule has 33 heavy (non-hydrogen) atoms. The molecule has 1 amide bonds. The van der Waals surface area contributed by atoms with Gasteiger partial charge >= 0.3 is 6.18 Å². The zero-order valence-electron chi connectivity index (χ0n) is 17.4. The molecule has 0 unspecified atom stereocenters. The summed E-state index contributed by atoms with van der Waals surface area (Å²) in [7, 11) is 0. The molecular formula is C25H19F4N3O. The second kappa shape index (κ2) is 8.03. The average Bonchev–Trinajstić information content (AvgIpc) is 3.35. The van der Waals surface area contributed by atoms with Gasteiger partial charge < -0.3 is 9.47 Å². The second-order valence-corrected chi connectivity index (χ2v) is 8.12. The summed E-state index contributed by atoms with van der Waals surface area (Å²) in [5, 5.41) is 0. The number of para-hydroxylation sites is 2. The molecule has 1 aliphatic heterocycles. The lowest BCUT2D eigenvalue weighted by Gasteiger charge is -2.19. The van der Waals surface area contributed by atoms with E-state index in [2.05, 4.69) is 0 Å². The highest BCUT2D eigenvalue weighted by Gasteiger charge is 2.36. The van der Waals surface area contributed by atoms with E-state index in [1.54, 1.807) is 12.1 Å². The Labute approximate surface area is 187 Å². The van der Waals surface area contributed by atoms with Crippen LogP contribution in [0.4, 0.5) is 23.2 Å². The summed E-state index contributed by atoms with van der Waals surface area (Å²) in [6, 6.07) is 18.6. The summed E-state index contributed by atoms with van der Waals surface area (Å²) in [4.78, 5) is 19.0. The van der Waals surface area contributed by atoms with Crippen molar-refractivity contribution < 1.29 is 22.4 Å². The predicted octanol–water partition coefficient (Wildman–Crippen LogP) is 5.76. The van der Waals surface area contributed by atoms with Crippen molar-refractivity contribution in [2.75, 3.05) is 11.4 Å². The minimum atomic E-state index is -4.48. The third-order valence-electron chi connectivity index (χ3n) is 5.91. The van der Waals surface area contributed by atoms with Crippen LogP contribution in [0.2, 0.25) is 0 Å². The first-order chi connectivity index (χ1) is 15.8. The topological polar surface area (TPSA) is 38.1 Å². The number of amides is 1. The first-order valence-corrected chi connectivity index (χ1v) is 10.5. The molecule has 0 bridgehead atoms. The highest BCUT2D eigenvalue weighted by atomic mass is 19.4. The zero-order valence-corrected chi connectivity index (χ0v) is 17.4. The number of anilines is 1. The third-order valence-corrected chi connectivity index (χ3v) is 5.91. The van der Waals surface area contributed by atoms with Crippen molar-refractivity contribution in [3.8, 4) is 0 Å². The van der Waals surface area contributed by atoms with E-state index < -0.39 is 11.7 Å². The van der Waals surface area contributed by atoms with Gasteiger partial charge in [-0.25, -0.2) is 9.37 Å². The van der Waals surface area contributed by atoms with Gasteiger partial charge in [-0.2, -0.15) is 13.2 Å². The highest BCUT2D eigenvalue weighted by Crippen LogP contribution is 2.36. The number of nitrogens with zero attached hydrogens (tertiary/aromatic N) is 3. The van der Waals surface area contributed by atoms with Gasteiger partial charge in [0.2, 0.25) is 5.91 Å². The van der Waals surface area contributed by atoms with Crippen LogP contribution in [0.25, 0.3) is 11.0 Å². The Bertz CT molecular complexity index is 1330. The molecule has 3 aromatic carbocycles. The number of carbonyl (C=O) groups excluding carboxylic acids is 1. The number of carbonyl (C=O) groups is 1. The van der Waals surface area contributed by atoms with Crippen LogP contribution in [0.15, 0.2) is 72.8 Å². The Hall–Kier alpha value is -3.68. The maximum Gasteiger partial charge on any atom is 0.416 e. The lowest BCUT2D eigenvalue weighted by molar-refractivity contribution is -0.137. The largest absolute Gasteiger partial charge is 0.416 e. The van der Waals surface area contributed by atoms with E-state index in [1.807, 2.05) is 28.8 Å². The monoisotopic (exact) mass is 453 g/mol. The van der Waals surface area contributed by atoms with Crippen LogP contribution in [0.1, 0.15) is 29.3 Å². The maximum atomic E-state index is 13.4. The molecule has 1 atom stereocenters. The van der Waals surface area contributed by atoms with Crippen LogP contribution >= 0.6 is 0 Å². The lowest BCUT2D eigenvalue weighted by atomic mass is 10.1.